The lowest BCUT2D eigenvalue weighted by atomic mass is 10.2. The van der Waals surface area contributed by atoms with Crippen LogP contribution in [-0.2, 0) is 6.54 Å². The second-order valence-corrected chi connectivity index (χ2v) is 5.03. The number of carbonyl (C=O) groups is 1. The van der Waals surface area contributed by atoms with Gasteiger partial charge in [0.2, 0.25) is 0 Å². The van der Waals surface area contributed by atoms with Crippen molar-refractivity contribution in [3.63, 3.8) is 0 Å². The average Bonchev–Trinajstić information content (AvgIpc) is 2.47. The number of hydrogen-bond acceptors (Lipinski definition) is 4. The quantitative estimate of drug-likeness (QED) is 0.580. The van der Waals surface area contributed by atoms with Gasteiger partial charge in [-0.1, -0.05) is 0 Å². The molecular weight excluding hydrogens is 346 g/mol. The Morgan fingerprint density at radius 2 is 2.10 bits per heavy atom. The zero-order valence-corrected chi connectivity index (χ0v) is 12.2. The lowest BCUT2D eigenvalue weighted by Crippen LogP contribution is -2.25. The number of hydrogen-bond donors (Lipinski definition) is 3. The Morgan fingerprint density at radius 1 is 1.33 bits per heavy atom. The standard InChI is InChI=1S/C13H11BrF2N4O/c14-8-4-10(12(20-17)18-6-8)13(21)19-5-7-3-9(15)1-2-11(7)16/h1-4,6H,5,17H2,(H,18,20)(H,19,21). The summed E-state index contributed by atoms with van der Waals surface area (Å²) in [6.07, 6.45) is 1.47. The maximum atomic E-state index is 13.5. The van der Waals surface area contributed by atoms with E-state index in [1.807, 2.05) is 0 Å². The summed E-state index contributed by atoms with van der Waals surface area (Å²) in [7, 11) is 0. The Morgan fingerprint density at radius 3 is 2.81 bits per heavy atom. The van der Waals surface area contributed by atoms with E-state index in [0.29, 0.717) is 4.47 Å². The summed E-state index contributed by atoms with van der Waals surface area (Å²) in [5.41, 5.74) is 2.53. The number of nitrogens with zero attached hydrogens (tertiary/aromatic N) is 1. The zero-order valence-electron chi connectivity index (χ0n) is 10.7. The van der Waals surface area contributed by atoms with Gasteiger partial charge < -0.3 is 10.7 Å². The van der Waals surface area contributed by atoms with E-state index in [9.17, 15) is 13.6 Å². The molecule has 1 amide bonds. The Labute approximate surface area is 127 Å². The number of nitrogen functional groups attached to an aromatic ring is 1. The van der Waals surface area contributed by atoms with Gasteiger partial charge in [0.15, 0.2) is 5.82 Å². The molecule has 0 unspecified atom stereocenters. The number of benzene rings is 1. The van der Waals surface area contributed by atoms with Crippen molar-refractivity contribution in [3.8, 4) is 0 Å². The van der Waals surface area contributed by atoms with Gasteiger partial charge in [0, 0.05) is 22.8 Å². The first-order valence-electron chi connectivity index (χ1n) is 5.85. The predicted molar refractivity (Wildman–Crippen MR) is 77.3 cm³/mol. The zero-order chi connectivity index (χ0) is 15.4. The van der Waals surface area contributed by atoms with Crippen LogP contribution in [0, 0.1) is 11.6 Å². The molecule has 2 rings (SSSR count). The van der Waals surface area contributed by atoms with E-state index in [1.54, 1.807) is 0 Å². The number of carbonyl (C=O) groups excluding carboxylic acids is 1. The van der Waals surface area contributed by atoms with E-state index >= 15 is 0 Å². The van der Waals surface area contributed by atoms with E-state index in [4.69, 9.17) is 5.84 Å². The third-order valence-electron chi connectivity index (χ3n) is 2.68. The minimum atomic E-state index is -0.596. The summed E-state index contributed by atoms with van der Waals surface area (Å²) in [5, 5.41) is 2.48. The first-order valence-corrected chi connectivity index (χ1v) is 6.65. The Kier molecular flexibility index (Phi) is 4.81. The number of nitrogens with two attached hydrogens (primary N) is 1. The minimum Gasteiger partial charge on any atom is -0.348 e. The van der Waals surface area contributed by atoms with Crippen molar-refractivity contribution in [3.05, 3.63) is 57.7 Å². The molecule has 110 valence electrons. The number of halogens is 3. The summed E-state index contributed by atoms with van der Waals surface area (Å²) in [5.74, 6) is 3.76. The van der Waals surface area contributed by atoms with Crippen molar-refractivity contribution in [2.75, 3.05) is 5.43 Å². The molecule has 1 aromatic carbocycles. The van der Waals surface area contributed by atoms with Crippen molar-refractivity contribution in [1.29, 1.82) is 0 Å². The van der Waals surface area contributed by atoms with Crippen LogP contribution in [0.4, 0.5) is 14.6 Å². The molecule has 0 bridgehead atoms. The minimum absolute atomic E-state index is 0.0496. The molecule has 0 atom stereocenters. The first kappa shape index (κ1) is 15.3. The van der Waals surface area contributed by atoms with Crippen molar-refractivity contribution >= 4 is 27.7 Å². The molecule has 0 fully saturated rings. The topological polar surface area (TPSA) is 80.0 Å². The molecule has 0 aliphatic heterocycles. The maximum absolute atomic E-state index is 13.5. The van der Waals surface area contributed by atoms with E-state index in [2.05, 4.69) is 31.7 Å². The number of hydrazine groups is 1. The molecule has 0 radical (unpaired) electrons. The summed E-state index contributed by atoms with van der Waals surface area (Å²) < 4.78 is 27.1. The Hall–Kier alpha value is -2.06. The van der Waals surface area contributed by atoms with E-state index in [0.717, 1.165) is 18.2 Å². The van der Waals surface area contributed by atoms with Crippen molar-refractivity contribution < 1.29 is 13.6 Å². The van der Waals surface area contributed by atoms with Gasteiger partial charge in [0.25, 0.3) is 5.91 Å². The van der Waals surface area contributed by atoms with Gasteiger partial charge in [0.1, 0.15) is 11.6 Å². The fraction of sp³-hybridized carbons (Fsp3) is 0.0769. The van der Waals surface area contributed by atoms with Gasteiger partial charge in [-0.3, -0.25) is 4.79 Å². The SMILES string of the molecule is NNc1ncc(Br)cc1C(=O)NCc1cc(F)ccc1F. The van der Waals surface area contributed by atoms with Crippen molar-refractivity contribution in [1.82, 2.24) is 10.3 Å². The van der Waals surface area contributed by atoms with Crippen LogP contribution in [0.2, 0.25) is 0 Å². The molecular formula is C13H11BrF2N4O. The van der Waals surface area contributed by atoms with Crippen molar-refractivity contribution in [2.24, 2.45) is 5.84 Å². The molecule has 0 spiro atoms. The van der Waals surface area contributed by atoms with E-state index in [1.165, 1.54) is 12.3 Å². The molecule has 1 aromatic heterocycles. The molecule has 0 aliphatic carbocycles. The van der Waals surface area contributed by atoms with Crippen LogP contribution >= 0.6 is 15.9 Å². The molecule has 1 heterocycles. The molecule has 0 aliphatic rings. The van der Waals surface area contributed by atoms with Gasteiger partial charge in [-0.25, -0.2) is 19.6 Å². The molecule has 0 saturated heterocycles. The maximum Gasteiger partial charge on any atom is 0.255 e. The molecule has 8 heteroatoms. The van der Waals surface area contributed by atoms with Crippen molar-refractivity contribution in [2.45, 2.75) is 6.54 Å². The molecule has 2 aromatic rings. The van der Waals surface area contributed by atoms with Crippen LogP contribution in [0.3, 0.4) is 0 Å². The number of rotatable bonds is 4. The summed E-state index contributed by atoms with van der Waals surface area (Å²) in [4.78, 5) is 16.0. The Balaban J connectivity index is 2.15. The number of amides is 1. The number of pyridine rings is 1. The van der Waals surface area contributed by atoms with Gasteiger partial charge in [-0.15, -0.1) is 0 Å². The second kappa shape index (κ2) is 6.59. The van der Waals surface area contributed by atoms with Gasteiger partial charge in [-0.05, 0) is 40.2 Å². The summed E-state index contributed by atoms with van der Waals surface area (Å²) in [6.45, 7) is -0.154. The highest BCUT2D eigenvalue weighted by Crippen LogP contribution is 2.17. The number of aromatic nitrogens is 1. The lowest BCUT2D eigenvalue weighted by molar-refractivity contribution is 0.0951. The van der Waals surface area contributed by atoms with E-state index < -0.39 is 17.5 Å². The van der Waals surface area contributed by atoms with Gasteiger partial charge >= 0.3 is 0 Å². The summed E-state index contributed by atoms with van der Waals surface area (Å²) >= 11 is 3.19. The number of anilines is 1. The largest absolute Gasteiger partial charge is 0.348 e. The third-order valence-corrected chi connectivity index (χ3v) is 3.12. The molecule has 21 heavy (non-hydrogen) atoms. The van der Waals surface area contributed by atoms with Gasteiger partial charge in [-0.2, -0.15) is 0 Å². The van der Waals surface area contributed by atoms with Crippen LogP contribution < -0.4 is 16.6 Å². The smallest absolute Gasteiger partial charge is 0.255 e. The highest BCUT2D eigenvalue weighted by molar-refractivity contribution is 9.10. The van der Waals surface area contributed by atoms with Crippen LogP contribution in [-0.4, -0.2) is 10.9 Å². The number of nitrogens with one attached hydrogen (secondary N) is 2. The molecule has 0 saturated carbocycles. The second-order valence-electron chi connectivity index (χ2n) is 4.11. The van der Waals surface area contributed by atoms with Crippen LogP contribution in [0.5, 0.6) is 0 Å². The summed E-state index contributed by atoms with van der Waals surface area (Å²) in [6, 6.07) is 4.55. The predicted octanol–water partition coefficient (Wildman–Crippen LogP) is 2.34. The molecule has 5 nitrogen and oxygen atoms in total. The highest BCUT2D eigenvalue weighted by atomic mass is 79.9. The Bertz CT molecular complexity index is 681. The van der Waals surface area contributed by atoms with Crippen LogP contribution in [0.25, 0.3) is 0 Å². The molecule has 4 N–H and O–H groups in total. The highest BCUT2D eigenvalue weighted by Gasteiger charge is 2.13. The van der Waals surface area contributed by atoms with Crippen LogP contribution in [0.1, 0.15) is 15.9 Å². The van der Waals surface area contributed by atoms with Crippen LogP contribution in [0.15, 0.2) is 34.9 Å². The van der Waals surface area contributed by atoms with E-state index in [-0.39, 0.29) is 23.5 Å². The lowest BCUT2D eigenvalue weighted by Gasteiger charge is -2.10. The normalized spacial score (nSPS) is 10.3. The average molecular weight is 357 g/mol. The van der Waals surface area contributed by atoms with Gasteiger partial charge in [0.05, 0.1) is 5.56 Å². The fourth-order valence-electron chi connectivity index (χ4n) is 1.68. The fourth-order valence-corrected chi connectivity index (χ4v) is 2.01. The third kappa shape index (κ3) is 3.73. The monoisotopic (exact) mass is 356 g/mol. The first-order chi connectivity index (χ1) is 10.0.